The number of nitrogens with zero attached hydrogens (tertiary/aromatic N) is 4. The largest absolute Gasteiger partial charge is 0.205 e. The summed E-state index contributed by atoms with van der Waals surface area (Å²) in [5.41, 5.74) is 2.02. The molecule has 0 aliphatic carbocycles. The molecule has 0 bridgehead atoms. The first-order valence-electron chi connectivity index (χ1n) is 12.1. The molecule has 0 radical (unpaired) electrons. The number of halogens is 2. The van der Waals surface area contributed by atoms with E-state index in [4.69, 9.17) is 0 Å². The predicted molar refractivity (Wildman–Crippen MR) is 147 cm³/mol. The van der Waals surface area contributed by atoms with Gasteiger partial charge in [-0.05, 0) is 34.4 Å². The summed E-state index contributed by atoms with van der Waals surface area (Å²) < 4.78 is 31.1. The lowest BCUT2D eigenvalue weighted by Crippen LogP contribution is -1.99. The predicted octanol–water partition coefficient (Wildman–Crippen LogP) is 8.12. The van der Waals surface area contributed by atoms with Gasteiger partial charge in [0, 0.05) is 22.3 Å². The van der Waals surface area contributed by atoms with Gasteiger partial charge in [0.2, 0.25) is 0 Å². The third kappa shape index (κ3) is 4.33. The highest BCUT2D eigenvalue weighted by molar-refractivity contribution is 5.86. The van der Waals surface area contributed by atoms with Crippen LogP contribution in [0.2, 0.25) is 0 Å². The van der Waals surface area contributed by atoms with Crippen molar-refractivity contribution in [1.82, 2.24) is 0 Å². The van der Waals surface area contributed by atoms with Crippen molar-refractivity contribution in [2.24, 2.45) is 0 Å². The number of nitriles is 4. The molecule has 0 unspecified atom stereocenters. The van der Waals surface area contributed by atoms with Gasteiger partial charge < -0.3 is 0 Å². The number of rotatable bonds is 4. The molecule has 40 heavy (non-hydrogen) atoms. The van der Waals surface area contributed by atoms with Gasteiger partial charge in [-0.3, -0.25) is 0 Å². The fourth-order valence-corrected chi connectivity index (χ4v) is 4.76. The van der Waals surface area contributed by atoms with Crippen LogP contribution in [0.5, 0.6) is 0 Å². The molecule has 0 aliphatic rings. The standard InChI is InChI=1S/C34H16F2N4/c35-33-27(21-7-3-1-4-8-21)15-25(17-37)31(29(33)19-39)23-11-13-24(14-12-23)32-26(18-38)16-28(34(36)30(32)20-40)22-9-5-2-6-10-22/h1-16H. The molecule has 5 aromatic carbocycles. The normalized spacial score (nSPS) is 10.2. The summed E-state index contributed by atoms with van der Waals surface area (Å²) in [6, 6.07) is 34.2. The Morgan fingerprint density at radius 1 is 0.425 bits per heavy atom. The van der Waals surface area contributed by atoms with Crippen LogP contribution in [0.4, 0.5) is 8.78 Å². The Hall–Kier alpha value is -6.08. The Kier molecular flexibility index (Phi) is 6.86. The molecule has 0 saturated heterocycles. The maximum atomic E-state index is 15.5. The summed E-state index contributed by atoms with van der Waals surface area (Å²) in [4.78, 5) is 0. The molecule has 5 rings (SSSR count). The quantitative estimate of drug-likeness (QED) is 0.240. The molecule has 0 saturated carbocycles. The van der Waals surface area contributed by atoms with Gasteiger partial charge >= 0.3 is 0 Å². The van der Waals surface area contributed by atoms with Crippen LogP contribution in [0.15, 0.2) is 97.1 Å². The lowest BCUT2D eigenvalue weighted by molar-refractivity contribution is 0.627. The van der Waals surface area contributed by atoms with Gasteiger partial charge in [0.25, 0.3) is 0 Å². The zero-order chi connectivity index (χ0) is 28.2. The van der Waals surface area contributed by atoms with Gasteiger partial charge in [-0.25, -0.2) is 8.78 Å². The monoisotopic (exact) mass is 518 g/mol. The van der Waals surface area contributed by atoms with Crippen LogP contribution in [0, 0.1) is 57.0 Å². The first-order valence-corrected chi connectivity index (χ1v) is 12.1. The minimum absolute atomic E-state index is 0.109. The third-order valence-electron chi connectivity index (χ3n) is 6.62. The van der Waals surface area contributed by atoms with Crippen LogP contribution in [0.3, 0.4) is 0 Å². The molecule has 4 nitrogen and oxygen atoms in total. The molecule has 0 fully saturated rings. The summed E-state index contributed by atoms with van der Waals surface area (Å²) in [6.07, 6.45) is 0. The zero-order valence-corrected chi connectivity index (χ0v) is 20.8. The highest BCUT2D eigenvalue weighted by Crippen LogP contribution is 2.39. The maximum Gasteiger partial charge on any atom is 0.149 e. The minimum Gasteiger partial charge on any atom is -0.205 e. The van der Waals surface area contributed by atoms with Gasteiger partial charge in [-0.15, -0.1) is 0 Å². The Balaban J connectivity index is 1.66. The van der Waals surface area contributed by atoms with E-state index < -0.39 is 11.6 Å². The highest BCUT2D eigenvalue weighted by atomic mass is 19.1. The maximum absolute atomic E-state index is 15.5. The third-order valence-corrected chi connectivity index (χ3v) is 6.62. The van der Waals surface area contributed by atoms with Crippen molar-refractivity contribution in [2.75, 3.05) is 0 Å². The molecule has 0 heterocycles. The van der Waals surface area contributed by atoms with Crippen LogP contribution in [-0.2, 0) is 0 Å². The molecule has 186 valence electrons. The van der Waals surface area contributed by atoms with Crippen molar-refractivity contribution in [2.45, 2.75) is 0 Å². The molecule has 6 heteroatoms. The number of hydrogen-bond donors (Lipinski definition) is 0. The van der Waals surface area contributed by atoms with Crippen molar-refractivity contribution in [3.05, 3.63) is 131 Å². The second kappa shape index (κ2) is 10.7. The molecule has 0 N–H and O–H groups in total. The van der Waals surface area contributed by atoms with Gasteiger partial charge in [-0.2, -0.15) is 21.0 Å². The van der Waals surface area contributed by atoms with E-state index in [1.54, 1.807) is 84.9 Å². The summed E-state index contributed by atoms with van der Waals surface area (Å²) in [7, 11) is 0. The molecule has 0 aromatic heterocycles. The van der Waals surface area contributed by atoms with Crippen LogP contribution >= 0.6 is 0 Å². The van der Waals surface area contributed by atoms with Crippen LogP contribution in [0.25, 0.3) is 44.5 Å². The van der Waals surface area contributed by atoms with Crippen molar-refractivity contribution < 1.29 is 8.78 Å². The SMILES string of the molecule is N#Cc1cc(-c2ccccc2)c(F)c(C#N)c1-c1ccc(-c2c(C#N)cc(-c3ccccc3)c(F)c2C#N)cc1. The van der Waals surface area contributed by atoms with Gasteiger partial charge in [0.05, 0.1) is 34.4 Å². The molecular formula is C34H16F2N4. The van der Waals surface area contributed by atoms with E-state index in [1.165, 1.54) is 12.1 Å². The van der Waals surface area contributed by atoms with E-state index >= 15 is 8.78 Å². The Labute approximate surface area is 229 Å². The smallest absolute Gasteiger partial charge is 0.149 e. The molecule has 0 amide bonds. The summed E-state index contributed by atoms with van der Waals surface area (Å²) in [6.45, 7) is 0. The average Bonchev–Trinajstić information content (AvgIpc) is 3.01. The second-order valence-corrected chi connectivity index (χ2v) is 8.83. The van der Waals surface area contributed by atoms with Gasteiger partial charge in [0.15, 0.2) is 0 Å². The van der Waals surface area contributed by atoms with Crippen molar-refractivity contribution in [3.8, 4) is 68.8 Å². The first-order chi connectivity index (χ1) is 19.5. The zero-order valence-electron chi connectivity index (χ0n) is 20.8. The van der Waals surface area contributed by atoms with Gasteiger partial charge in [-0.1, -0.05) is 84.9 Å². The topological polar surface area (TPSA) is 95.2 Å². The van der Waals surface area contributed by atoms with Crippen LogP contribution < -0.4 is 0 Å². The lowest BCUT2D eigenvalue weighted by Gasteiger charge is -2.15. The summed E-state index contributed by atoms with van der Waals surface area (Å²) >= 11 is 0. The fraction of sp³-hybridized carbons (Fsp3) is 0. The van der Waals surface area contributed by atoms with E-state index in [0.717, 1.165) is 0 Å². The molecule has 5 aromatic rings. The van der Waals surface area contributed by atoms with Crippen LogP contribution in [-0.4, -0.2) is 0 Å². The van der Waals surface area contributed by atoms with E-state index in [-0.39, 0.29) is 44.5 Å². The van der Waals surface area contributed by atoms with Crippen molar-refractivity contribution in [3.63, 3.8) is 0 Å². The van der Waals surface area contributed by atoms with Gasteiger partial charge in [0.1, 0.15) is 23.8 Å². The Morgan fingerprint density at radius 3 is 1.07 bits per heavy atom. The Bertz CT molecular complexity index is 1790. The van der Waals surface area contributed by atoms with E-state index in [2.05, 4.69) is 12.1 Å². The van der Waals surface area contributed by atoms with Crippen LogP contribution in [0.1, 0.15) is 22.3 Å². The number of hydrogen-bond acceptors (Lipinski definition) is 4. The molecular weight excluding hydrogens is 502 g/mol. The Morgan fingerprint density at radius 2 is 0.775 bits per heavy atom. The lowest BCUT2D eigenvalue weighted by atomic mass is 9.87. The van der Waals surface area contributed by atoms with E-state index in [0.29, 0.717) is 22.3 Å². The fourth-order valence-electron chi connectivity index (χ4n) is 4.76. The summed E-state index contributed by atoms with van der Waals surface area (Å²) in [5.74, 6) is -1.49. The highest BCUT2D eigenvalue weighted by Gasteiger charge is 2.23. The van der Waals surface area contributed by atoms with E-state index in [1.807, 2.05) is 12.1 Å². The van der Waals surface area contributed by atoms with Crippen molar-refractivity contribution in [1.29, 1.82) is 21.0 Å². The molecule has 0 atom stereocenters. The summed E-state index contributed by atoms with van der Waals surface area (Å²) in [5, 5.41) is 39.5. The minimum atomic E-state index is -0.746. The second-order valence-electron chi connectivity index (χ2n) is 8.83. The van der Waals surface area contributed by atoms with Crippen molar-refractivity contribution >= 4 is 0 Å². The molecule has 0 aliphatic heterocycles. The molecule has 0 spiro atoms. The first kappa shape index (κ1) is 25.6. The average molecular weight is 519 g/mol. The van der Waals surface area contributed by atoms with E-state index in [9.17, 15) is 21.0 Å². The number of benzene rings is 5.